The molecule has 0 aromatic carbocycles. The average Bonchev–Trinajstić information content (AvgIpc) is 2.86. The number of aryl methyl sites for hydroxylation is 1. The van der Waals surface area contributed by atoms with Crippen molar-refractivity contribution in [1.29, 1.82) is 0 Å². The lowest BCUT2D eigenvalue weighted by atomic mass is 9.99. The van der Waals surface area contributed by atoms with Gasteiger partial charge in [0.2, 0.25) is 0 Å². The second-order valence-electron chi connectivity index (χ2n) is 6.02. The molecule has 2 heterocycles. The Kier molecular flexibility index (Phi) is 6.68. The van der Waals surface area contributed by atoms with Crippen LogP contribution in [-0.4, -0.2) is 60.3 Å². The monoisotopic (exact) mass is 358 g/mol. The van der Waals surface area contributed by atoms with Crippen LogP contribution in [0, 0.1) is 0 Å². The van der Waals surface area contributed by atoms with Gasteiger partial charge in [0.1, 0.15) is 0 Å². The zero-order chi connectivity index (χ0) is 16.9. The molecule has 5 nitrogen and oxygen atoms in total. The smallest absolute Gasteiger partial charge is 0.193 e. The number of aromatic nitrogens is 1. The number of ether oxygens (including phenoxy) is 1. The van der Waals surface area contributed by atoms with Crippen molar-refractivity contribution < 1.29 is 4.74 Å². The van der Waals surface area contributed by atoms with E-state index < -0.39 is 0 Å². The second-order valence-corrected chi connectivity index (χ2v) is 7.73. The van der Waals surface area contributed by atoms with E-state index in [-0.39, 0.29) is 4.75 Å². The number of rotatable bonds is 5. The van der Waals surface area contributed by atoms with E-state index in [9.17, 15) is 0 Å². The number of aliphatic imine (C=N–C) groups is 1. The highest BCUT2D eigenvalue weighted by atomic mass is 35.5. The maximum absolute atomic E-state index is 6.06. The van der Waals surface area contributed by atoms with Gasteiger partial charge in [-0.05, 0) is 25.2 Å². The number of nitrogens with zero attached hydrogens (tertiary/aromatic N) is 3. The first kappa shape index (κ1) is 18.5. The minimum absolute atomic E-state index is 0.239. The van der Waals surface area contributed by atoms with Gasteiger partial charge in [-0.1, -0.05) is 11.6 Å². The zero-order valence-corrected chi connectivity index (χ0v) is 16.0. The van der Waals surface area contributed by atoms with Crippen LogP contribution in [0.15, 0.2) is 17.3 Å². The van der Waals surface area contributed by atoms with E-state index in [1.54, 1.807) is 0 Å². The van der Waals surface area contributed by atoms with Gasteiger partial charge in [-0.2, -0.15) is 11.8 Å². The third-order valence-electron chi connectivity index (χ3n) is 4.45. The van der Waals surface area contributed by atoms with Crippen molar-refractivity contribution in [3.8, 4) is 0 Å². The molecule has 0 aliphatic carbocycles. The molecule has 0 radical (unpaired) electrons. The molecule has 7 heteroatoms. The first-order chi connectivity index (χ1) is 11.0. The lowest BCUT2D eigenvalue weighted by Crippen LogP contribution is -2.48. The first-order valence-electron chi connectivity index (χ1n) is 7.85. The Labute approximate surface area is 148 Å². The molecule has 0 saturated carbocycles. The minimum Gasteiger partial charge on any atom is -0.381 e. The highest BCUT2D eigenvalue weighted by Crippen LogP contribution is 2.33. The Morgan fingerprint density at radius 1 is 1.52 bits per heavy atom. The highest BCUT2D eigenvalue weighted by molar-refractivity contribution is 8.00. The molecule has 1 aromatic heterocycles. The van der Waals surface area contributed by atoms with Crippen molar-refractivity contribution in [3.05, 3.63) is 23.0 Å². The van der Waals surface area contributed by atoms with Crippen LogP contribution in [0.4, 0.5) is 0 Å². The summed E-state index contributed by atoms with van der Waals surface area (Å²) in [6.07, 6.45) is 6.27. The maximum Gasteiger partial charge on any atom is 0.193 e. The van der Waals surface area contributed by atoms with Gasteiger partial charge in [-0.15, -0.1) is 0 Å². The molecule has 1 aliphatic heterocycles. The summed E-state index contributed by atoms with van der Waals surface area (Å²) in [5, 5.41) is 4.30. The van der Waals surface area contributed by atoms with Crippen LogP contribution in [0.25, 0.3) is 0 Å². The van der Waals surface area contributed by atoms with Crippen LogP contribution >= 0.6 is 23.4 Å². The summed E-state index contributed by atoms with van der Waals surface area (Å²) in [6.45, 7) is 3.36. The standard InChI is InChI=1S/C16H27ClN4OS/c1-18-15(19-12-16(23-4)5-7-22-8-6-16)21(3)11-14-9-13(17)10-20(14)2/h9-10H,5-8,11-12H2,1-4H3,(H,18,19). The van der Waals surface area contributed by atoms with Gasteiger partial charge >= 0.3 is 0 Å². The molecule has 23 heavy (non-hydrogen) atoms. The predicted molar refractivity (Wildman–Crippen MR) is 99.6 cm³/mol. The minimum atomic E-state index is 0.239. The lowest BCUT2D eigenvalue weighted by Gasteiger charge is -2.36. The number of hydrogen-bond donors (Lipinski definition) is 1. The van der Waals surface area contributed by atoms with Crippen molar-refractivity contribution in [3.63, 3.8) is 0 Å². The topological polar surface area (TPSA) is 41.8 Å². The fourth-order valence-corrected chi connectivity index (χ4v) is 3.93. The van der Waals surface area contributed by atoms with Crippen molar-refractivity contribution in [1.82, 2.24) is 14.8 Å². The zero-order valence-electron chi connectivity index (χ0n) is 14.4. The van der Waals surface area contributed by atoms with Crippen molar-refractivity contribution >= 4 is 29.3 Å². The summed E-state index contributed by atoms with van der Waals surface area (Å²) >= 11 is 7.99. The Bertz CT molecular complexity index is 540. The van der Waals surface area contributed by atoms with Crippen LogP contribution < -0.4 is 5.32 Å². The molecule has 1 aliphatic rings. The molecule has 1 N–H and O–H groups in total. The quantitative estimate of drug-likeness (QED) is 0.649. The van der Waals surface area contributed by atoms with Crippen molar-refractivity contribution in [2.75, 3.05) is 40.1 Å². The third kappa shape index (κ3) is 4.81. The molecule has 1 fully saturated rings. The number of thioether (sulfide) groups is 1. The molecule has 130 valence electrons. The molecule has 0 spiro atoms. The third-order valence-corrected chi connectivity index (χ3v) is 6.08. The summed E-state index contributed by atoms with van der Waals surface area (Å²) in [5.74, 6) is 0.905. The van der Waals surface area contributed by atoms with Crippen molar-refractivity contribution in [2.24, 2.45) is 12.0 Å². The molecular formula is C16H27ClN4OS. The SMILES string of the molecule is CN=C(NCC1(SC)CCOCC1)N(C)Cc1cc(Cl)cn1C. The molecular weight excluding hydrogens is 332 g/mol. The summed E-state index contributed by atoms with van der Waals surface area (Å²) in [4.78, 5) is 6.54. The summed E-state index contributed by atoms with van der Waals surface area (Å²) < 4.78 is 7.79. The molecule has 0 atom stereocenters. The van der Waals surface area contributed by atoms with Crippen LogP contribution in [-0.2, 0) is 18.3 Å². The Hall–Kier alpha value is -0.850. The van der Waals surface area contributed by atoms with Crippen LogP contribution in [0.5, 0.6) is 0 Å². The van der Waals surface area contributed by atoms with Gasteiger partial charge in [-0.3, -0.25) is 4.99 Å². The Morgan fingerprint density at radius 3 is 2.74 bits per heavy atom. The second kappa shape index (κ2) is 8.31. The van der Waals surface area contributed by atoms with E-state index >= 15 is 0 Å². The van der Waals surface area contributed by atoms with E-state index in [0.29, 0.717) is 0 Å². The first-order valence-corrected chi connectivity index (χ1v) is 9.45. The van der Waals surface area contributed by atoms with E-state index in [4.69, 9.17) is 16.3 Å². The van der Waals surface area contributed by atoms with E-state index in [2.05, 4.69) is 21.5 Å². The Morgan fingerprint density at radius 2 is 2.22 bits per heavy atom. The maximum atomic E-state index is 6.06. The highest BCUT2D eigenvalue weighted by Gasteiger charge is 2.32. The van der Waals surface area contributed by atoms with Gasteiger partial charge in [0, 0.05) is 57.5 Å². The van der Waals surface area contributed by atoms with E-state index in [0.717, 1.165) is 55.8 Å². The average molecular weight is 359 g/mol. The molecule has 1 aromatic rings. The largest absolute Gasteiger partial charge is 0.381 e. The molecule has 0 bridgehead atoms. The van der Waals surface area contributed by atoms with Gasteiger partial charge in [-0.25, -0.2) is 0 Å². The Balaban J connectivity index is 1.95. The number of guanidine groups is 1. The molecule has 0 unspecified atom stereocenters. The molecule has 2 rings (SSSR count). The molecule has 1 saturated heterocycles. The van der Waals surface area contributed by atoms with E-state index in [1.165, 1.54) is 0 Å². The number of hydrogen-bond acceptors (Lipinski definition) is 3. The van der Waals surface area contributed by atoms with Gasteiger partial charge in [0.05, 0.1) is 11.6 Å². The van der Waals surface area contributed by atoms with Gasteiger partial charge in [0.25, 0.3) is 0 Å². The van der Waals surface area contributed by atoms with Gasteiger partial charge in [0.15, 0.2) is 5.96 Å². The summed E-state index contributed by atoms with van der Waals surface area (Å²) in [5.41, 5.74) is 1.16. The number of nitrogens with one attached hydrogen (secondary N) is 1. The normalized spacial score (nSPS) is 18.0. The predicted octanol–water partition coefficient (Wildman–Crippen LogP) is 2.60. The fraction of sp³-hybridized carbons (Fsp3) is 0.688. The van der Waals surface area contributed by atoms with Gasteiger partial charge < -0.3 is 19.5 Å². The summed E-state index contributed by atoms with van der Waals surface area (Å²) in [6, 6.07) is 1.99. The lowest BCUT2D eigenvalue weighted by molar-refractivity contribution is 0.0781. The van der Waals surface area contributed by atoms with E-state index in [1.807, 2.05) is 49.7 Å². The van der Waals surface area contributed by atoms with Crippen molar-refractivity contribution in [2.45, 2.75) is 24.1 Å². The molecule has 0 amide bonds. The number of halogens is 1. The summed E-state index contributed by atoms with van der Waals surface area (Å²) in [7, 11) is 5.88. The fourth-order valence-electron chi connectivity index (χ4n) is 2.86. The van der Waals surface area contributed by atoms with Crippen LogP contribution in [0.1, 0.15) is 18.5 Å². The van der Waals surface area contributed by atoms with Crippen LogP contribution in [0.3, 0.4) is 0 Å². The van der Waals surface area contributed by atoms with Crippen LogP contribution in [0.2, 0.25) is 5.02 Å².